The number of methoxy groups -OCH3 is 1. The van der Waals surface area contributed by atoms with Gasteiger partial charge in [-0.2, -0.15) is 5.10 Å². The molecule has 17 heavy (non-hydrogen) atoms. The zero-order chi connectivity index (χ0) is 12.6. The molecular formula is C11H18N4O2. The Bertz CT molecular complexity index is 441. The van der Waals surface area contributed by atoms with Gasteiger partial charge in [0.05, 0.1) is 12.8 Å². The van der Waals surface area contributed by atoms with E-state index >= 15 is 0 Å². The molecule has 2 amide bonds. The van der Waals surface area contributed by atoms with Crippen molar-refractivity contribution in [3.8, 4) is 5.88 Å². The highest BCUT2D eigenvalue weighted by atomic mass is 16.5. The number of nitrogens with zero attached hydrogens (tertiary/aromatic N) is 2. The molecule has 1 aliphatic carbocycles. The summed E-state index contributed by atoms with van der Waals surface area (Å²) in [5.74, 6) is 1.14. The van der Waals surface area contributed by atoms with Crippen LogP contribution in [0, 0.1) is 12.8 Å². The number of rotatable bonds is 3. The van der Waals surface area contributed by atoms with Gasteiger partial charge in [-0.3, -0.25) is 0 Å². The van der Waals surface area contributed by atoms with E-state index in [4.69, 9.17) is 4.74 Å². The van der Waals surface area contributed by atoms with Crippen LogP contribution in [0.25, 0.3) is 0 Å². The first-order valence-electron chi connectivity index (χ1n) is 5.68. The summed E-state index contributed by atoms with van der Waals surface area (Å²) in [5, 5.41) is 9.88. The summed E-state index contributed by atoms with van der Waals surface area (Å²) in [4.78, 5) is 11.7. The minimum atomic E-state index is -0.200. The van der Waals surface area contributed by atoms with Crippen LogP contribution in [0.2, 0.25) is 0 Å². The minimum absolute atomic E-state index is 0.200. The van der Waals surface area contributed by atoms with E-state index in [1.54, 1.807) is 18.8 Å². The van der Waals surface area contributed by atoms with E-state index in [0.29, 0.717) is 23.5 Å². The largest absolute Gasteiger partial charge is 0.480 e. The quantitative estimate of drug-likeness (QED) is 0.833. The summed E-state index contributed by atoms with van der Waals surface area (Å²) in [7, 11) is 3.33. The highest BCUT2D eigenvalue weighted by Crippen LogP contribution is 2.30. The van der Waals surface area contributed by atoms with Gasteiger partial charge in [-0.1, -0.05) is 6.92 Å². The van der Waals surface area contributed by atoms with Crippen molar-refractivity contribution in [1.82, 2.24) is 15.1 Å². The summed E-state index contributed by atoms with van der Waals surface area (Å²) in [6.07, 6.45) is 1.05. The number of hydrogen-bond donors (Lipinski definition) is 2. The number of urea groups is 1. The number of hydrogen-bond acceptors (Lipinski definition) is 3. The summed E-state index contributed by atoms with van der Waals surface area (Å²) in [6.45, 7) is 3.94. The van der Waals surface area contributed by atoms with Gasteiger partial charge in [-0.25, -0.2) is 9.48 Å². The molecule has 0 bridgehead atoms. The first-order chi connectivity index (χ1) is 8.02. The predicted octanol–water partition coefficient (Wildman–Crippen LogP) is 1.27. The molecule has 6 nitrogen and oxygen atoms in total. The van der Waals surface area contributed by atoms with Crippen molar-refractivity contribution in [2.75, 3.05) is 12.4 Å². The molecule has 94 valence electrons. The maximum absolute atomic E-state index is 11.7. The molecule has 1 aliphatic rings. The lowest BCUT2D eigenvalue weighted by atomic mass is 10.4. The molecule has 0 spiro atoms. The number of ether oxygens (including phenoxy) is 1. The second-order valence-corrected chi connectivity index (χ2v) is 4.51. The Morgan fingerprint density at radius 2 is 2.24 bits per heavy atom. The molecule has 0 saturated heterocycles. The van der Waals surface area contributed by atoms with E-state index in [-0.39, 0.29) is 6.03 Å². The van der Waals surface area contributed by atoms with Gasteiger partial charge >= 0.3 is 6.03 Å². The molecule has 0 unspecified atom stereocenters. The van der Waals surface area contributed by atoms with Crippen molar-refractivity contribution in [1.29, 1.82) is 0 Å². The van der Waals surface area contributed by atoms with Crippen LogP contribution >= 0.6 is 0 Å². The first-order valence-corrected chi connectivity index (χ1v) is 5.68. The molecule has 1 aromatic rings. The van der Waals surface area contributed by atoms with E-state index in [0.717, 1.165) is 12.1 Å². The highest BCUT2D eigenvalue weighted by molar-refractivity contribution is 5.91. The van der Waals surface area contributed by atoms with E-state index in [2.05, 4.69) is 22.7 Å². The smallest absolute Gasteiger partial charge is 0.319 e. The lowest BCUT2D eigenvalue weighted by Gasteiger charge is -2.08. The average molecular weight is 238 g/mol. The minimum Gasteiger partial charge on any atom is -0.480 e. The van der Waals surface area contributed by atoms with E-state index in [1.165, 1.54) is 0 Å². The van der Waals surface area contributed by atoms with E-state index < -0.39 is 0 Å². The van der Waals surface area contributed by atoms with Crippen LogP contribution in [-0.4, -0.2) is 29.0 Å². The number of aromatic nitrogens is 2. The molecule has 2 N–H and O–H groups in total. The number of anilines is 1. The number of carbonyl (C=O) groups is 1. The molecule has 1 saturated carbocycles. The lowest BCUT2D eigenvalue weighted by molar-refractivity contribution is 0.251. The van der Waals surface area contributed by atoms with Crippen LogP contribution < -0.4 is 15.4 Å². The molecule has 2 rings (SSSR count). The van der Waals surface area contributed by atoms with Crippen molar-refractivity contribution in [3.63, 3.8) is 0 Å². The number of carbonyl (C=O) groups excluding carboxylic acids is 1. The molecular weight excluding hydrogens is 220 g/mol. The van der Waals surface area contributed by atoms with Crippen molar-refractivity contribution in [2.24, 2.45) is 13.0 Å². The maximum Gasteiger partial charge on any atom is 0.319 e. The third-order valence-corrected chi connectivity index (χ3v) is 3.03. The van der Waals surface area contributed by atoms with Crippen molar-refractivity contribution < 1.29 is 9.53 Å². The molecule has 1 aromatic heterocycles. The Morgan fingerprint density at radius 1 is 1.59 bits per heavy atom. The fraction of sp³-hybridized carbons (Fsp3) is 0.636. The third kappa shape index (κ3) is 2.35. The second kappa shape index (κ2) is 4.27. The molecule has 1 fully saturated rings. The SMILES string of the molecule is COc1c(NC(=O)N[C@H]2C[C@@H]2C)c(C)nn1C. The average Bonchev–Trinajstić information content (AvgIpc) is 2.85. The topological polar surface area (TPSA) is 68.2 Å². The van der Waals surface area contributed by atoms with Crippen LogP contribution in [0.3, 0.4) is 0 Å². The Hall–Kier alpha value is -1.72. The van der Waals surface area contributed by atoms with Gasteiger partial charge in [-0.15, -0.1) is 0 Å². The predicted molar refractivity (Wildman–Crippen MR) is 64.2 cm³/mol. The van der Waals surface area contributed by atoms with Crippen LogP contribution in [0.4, 0.5) is 10.5 Å². The third-order valence-electron chi connectivity index (χ3n) is 3.03. The highest BCUT2D eigenvalue weighted by Gasteiger charge is 2.34. The summed E-state index contributed by atoms with van der Waals surface area (Å²) < 4.78 is 6.80. The van der Waals surface area contributed by atoms with Crippen molar-refractivity contribution >= 4 is 11.7 Å². The van der Waals surface area contributed by atoms with Gasteiger partial charge in [0.25, 0.3) is 0 Å². The Kier molecular flexibility index (Phi) is 2.95. The van der Waals surface area contributed by atoms with Gasteiger partial charge in [0.15, 0.2) is 0 Å². The normalized spacial score (nSPS) is 22.1. The van der Waals surface area contributed by atoms with Gasteiger partial charge in [-0.05, 0) is 19.3 Å². The zero-order valence-electron chi connectivity index (χ0n) is 10.6. The Balaban J connectivity index is 2.04. The van der Waals surface area contributed by atoms with Gasteiger partial charge in [0, 0.05) is 13.1 Å². The van der Waals surface area contributed by atoms with Gasteiger partial charge in [0.1, 0.15) is 5.69 Å². The van der Waals surface area contributed by atoms with Crippen LogP contribution in [0.15, 0.2) is 0 Å². The standard InChI is InChI=1S/C11H18N4O2/c1-6-5-8(6)12-11(16)13-9-7(2)14-15(3)10(9)17-4/h6,8H,5H2,1-4H3,(H2,12,13,16)/t6-,8-/m0/s1. The maximum atomic E-state index is 11.7. The second-order valence-electron chi connectivity index (χ2n) is 4.51. The van der Waals surface area contributed by atoms with Crippen molar-refractivity contribution in [2.45, 2.75) is 26.3 Å². The van der Waals surface area contributed by atoms with Crippen LogP contribution in [-0.2, 0) is 7.05 Å². The Labute approximate surface area is 100 Å². The molecule has 0 radical (unpaired) electrons. The van der Waals surface area contributed by atoms with Gasteiger partial charge in [0.2, 0.25) is 5.88 Å². The first kappa shape index (κ1) is 11.8. The van der Waals surface area contributed by atoms with Crippen LogP contribution in [0.5, 0.6) is 5.88 Å². The monoisotopic (exact) mass is 238 g/mol. The van der Waals surface area contributed by atoms with Gasteiger partial charge < -0.3 is 15.4 Å². The molecule has 1 heterocycles. The molecule has 6 heteroatoms. The number of aryl methyl sites for hydroxylation is 2. The van der Waals surface area contributed by atoms with E-state index in [9.17, 15) is 4.79 Å². The summed E-state index contributed by atoms with van der Waals surface area (Å²) in [5.41, 5.74) is 1.36. The number of amides is 2. The van der Waals surface area contributed by atoms with Crippen LogP contribution in [0.1, 0.15) is 19.0 Å². The fourth-order valence-electron chi connectivity index (χ4n) is 1.86. The fourth-order valence-corrected chi connectivity index (χ4v) is 1.86. The molecule has 0 aromatic carbocycles. The lowest BCUT2D eigenvalue weighted by Crippen LogP contribution is -2.31. The van der Waals surface area contributed by atoms with E-state index in [1.807, 2.05) is 6.92 Å². The molecule has 0 aliphatic heterocycles. The summed E-state index contributed by atoms with van der Waals surface area (Å²) >= 11 is 0. The van der Waals surface area contributed by atoms with Crippen molar-refractivity contribution in [3.05, 3.63) is 5.69 Å². The number of nitrogens with one attached hydrogen (secondary N) is 2. The molecule has 2 atom stereocenters. The zero-order valence-corrected chi connectivity index (χ0v) is 10.6. The Morgan fingerprint density at radius 3 is 2.76 bits per heavy atom. The summed E-state index contributed by atoms with van der Waals surface area (Å²) in [6, 6.07) is 0.103.